The van der Waals surface area contributed by atoms with E-state index in [9.17, 15) is 18.0 Å². The van der Waals surface area contributed by atoms with E-state index in [1.54, 1.807) is 0 Å². The van der Waals surface area contributed by atoms with Crippen molar-refractivity contribution in [3.8, 4) is 11.1 Å². The van der Waals surface area contributed by atoms with Crippen LogP contribution in [0.25, 0.3) is 16.0 Å². The van der Waals surface area contributed by atoms with Crippen molar-refractivity contribution in [1.82, 2.24) is 14.4 Å². The molecule has 0 spiro atoms. The van der Waals surface area contributed by atoms with Gasteiger partial charge in [-0.3, -0.25) is 14.2 Å². The molecule has 30 heavy (non-hydrogen) atoms. The Balaban J connectivity index is 1.38. The predicted molar refractivity (Wildman–Crippen MR) is 109 cm³/mol. The second-order valence-electron chi connectivity index (χ2n) is 6.82. The molecule has 0 aliphatic heterocycles. The number of nitrogens with zero attached hydrogens (tertiary/aromatic N) is 3. The Kier molecular flexibility index (Phi) is 5.29. The van der Waals surface area contributed by atoms with Crippen LogP contribution in [0, 0.1) is 6.92 Å². The molecule has 154 valence electrons. The number of imidazole rings is 1. The van der Waals surface area contributed by atoms with Crippen LogP contribution in [-0.4, -0.2) is 20.3 Å². The van der Waals surface area contributed by atoms with Gasteiger partial charge in [-0.2, -0.15) is 13.2 Å². The van der Waals surface area contributed by atoms with E-state index in [4.69, 9.17) is 0 Å². The third-order valence-corrected chi connectivity index (χ3v) is 5.61. The molecule has 3 aromatic heterocycles. The number of fused-ring (bicyclic) bond motifs is 1. The van der Waals surface area contributed by atoms with Crippen LogP contribution in [0.1, 0.15) is 23.4 Å². The monoisotopic (exact) mass is 430 g/mol. The van der Waals surface area contributed by atoms with Gasteiger partial charge in [0, 0.05) is 29.3 Å². The van der Waals surface area contributed by atoms with E-state index in [-0.39, 0.29) is 23.0 Å². The van der Waals surface area contributed by atoms with Gasteiger partial charge in [-0.25, -0.2) is 4.98 Å². The summed E-state index contributed by atoms with van der Waals surface area (Å²) in [5.41, 5.74) is 3.18. The lowest BCUT2D eigenvalue weighted by molar-refractivity contribution is -0.141. The number of thiazole rings is 1. The van der Waals surface area contributed by atoms with Gasteiger partial charge in [-0.1, -0.05) is 30.3 Å². The summed E-state index contributed by atoms with van der Waals surface area (Å²) >= 11 is 0.892. The third kappa shape index (κ3) is 4.20. The fraction of sp³-hybridized carbons (Fsp3) is 0.190. The number of anilines is 1. The number of rotatable bonds is 5. The summed E-state index contributed by atoms with van der Waals surface area (Å²) < 4.78 is 39.8. The largest absolute Gasteiger partial charge is 0.432 e. The lowest BCUT2D eigenvalue weighted by atomic mass is 10.0. The lowest BCUT2D eigenvalue weighted by Crippen LogP contribution is -2.12. The number of amides is 1. The zero-order valence-corrected chi connectivity index (χ0v) is 16.7. The molecule has 0 unspecified atom stereocenters. The molecule has 0 saturated heterocycles. The summed E-state index contributed by atoms with van der Waals surface area (Å²) in [4.78, 5) is 20.7. The number of benzene rings is 1. The average molecular weight is 430 g/mol. The van der Waals surface area contributed by atoms with E-state index >= 15 is 0 Å². The number of alkyl halides is 3. The normalized spacial score (nSPS) is 11.7. The summed E-state index contributed by atoms with van der Waals surface area (Å²) in [6, 6.07) is 11.8. The molecular formula is C21H17F3N4OS. The zero-order chi connectivity index (χ0) is 21.3. The van der Waals surface area contributed by atoms with Crippen LogP contribution in [0.15, 0.2) is 54.3 Å². The predicted octanol–water partition coefficient (Wildman–Crippen LogP) is 5.36. The Bertz CT molecular complexity index is 1180. The molecule has 1 amide bonds. The Labute approximate surface area is 174 Å². The fourth-order valence-corrected chi connectivity index (χ4v) is 3.98. The molecule has 1 aromatic carbocycles. The van der Waals surface area contributed by atoms with Crippen LogP contribution >= 0.6 is 11.3 Å². The van der Waals surface area contributed by atoms with Gasteiger partial charge in [-0.15, -0.1) is 11.3 Å². The van der Waals surface area contributed by atoms with Gasteiger partial charge in [0.15, 0.2) is 5.82 Å². The standard InChI is InChI=1S/C21H17F3N4OS/c1-13-2-6-16(10-25-13)15-7-3-14(4-8-15)5-9-18(29)27-19-20-28(12-26-19)17(11-30-20)21(22,23)24/h2-4,6-8,10-12H,5,9H2,1H3,(H,27,29). The summed E-state index contributed by atoms with van der Waals surface area (Å²) in [5, 5.41) is 3.62. The van der Waals surface area contributed by atoms with Gasteiger partial charge in [0.05, 0.1) is 0 Å². The maximum absolute atomic E-state index is 13.0. The minimum atomic E-state index is -4.47. The fourth-order valence-electron chi connectivity index (χ4n) is 3.03. The molecular weight excluding hydrogens is 413 g/mol. The molecule has 0 radical (unpaired) electrons. The van der Waals surface area contributed by atoms with Crippen LogP contribution in [0.2, 0.25) is 0 Å². The lowest BCUT2D eigenvalue weighted by Gasteiger charge is -2.05. The smallest absolute Gasteiger partial charge is 0.308 e. The van der Waals surface area contributed by atoms with E-state index in [0.717, 1.165) is 49.8 Å². The second-order valence-corrected chi connectivity index (χ2v) is 7.68. The average Bonchev–Trinajstić information content (AvgIpc) is 3.30. The van der Waals surface area contributed by atoms with E-state index in [1.165, 1.54) is 0 Å². The van der Waals surface area contributed by atoms with Gasteiger partial charge in [0.25, 0.3) is 0 Å². The molecule has 3 heterocycles. The van der Waals surface area contributed by atoms with Crippen LogP contribution in [0.5, 0.6) is 0 Å². The third-order valence-electron chi connectivity index (χ3n) is 4.65. The Morgan fingerprint density at radius 1 is 1.10 bits per heavy atom. The van der Waals surface area contributed by atoms with Crippen LogP contribution < -0.4 is 5.32 Å². The molecule has 4 aromatic rings. The number of carbonyl (C=O) groups is 1. The number of nitrogens with one attached hydrogen (secondary N) is 1. The van der Waals surface area contributed by atoms with Crippen molar-refractivity contribution in [3.05, 3.63) is 71.3 Å². The van der Waals surface area contributed by atoms with Gasteiger partial charge >= 0.3 is 6.18 Å². The highest BCUT2D eigenvalue weighted by Crippen LogP contribution is 2.35. The van der Waals surface area contributed by atoms with Crippen LogP contribution in [-0.2, 0) is 17.4 Å². The summed E-state index contributed by atoms with van der Waals surface area (Å²) in [6.45, 7) is 1.93. The van der Waals surface area contributed by atoms with E-state index in [0.29, 0.717) is 6.42 Å². The Hall–Kier alpha value is -3.20. The number of hydrogen-bond donors (Lipinski definition) is 1. The Morgan fingerprint density at radius 3 is 2.50 bits per heavy atom. The number of carbonyl (C=O) groups excluding carboxylic acids is 1. The summed E-state index contributed by atoms with van der Waals surface area (Å²) in [5.74, 6) is -0.160. The minimum absolute atomic E-state index is 0.141. The van der Waals surface area contributed by atoms with Gasteiger partial charge in [0.1, 0.15) is 16.9 Å². The zero-order valence-electron chi connectivity index (χ0n) is 15.9. The first kappa shape index (κ1) is 20.1. The van der Waals surface area contributed by atoms with Crippen LogP contribution in [0.4, 0.5) is 19.0 Å². The van der Waals surface area contributed by atoms with Crippen molar-refractivity contribution < 1.29 is 18.0 Å². The van der Waals surface area contributed by atoms with Crippen molar-refractivity contribution in [3.63, 3.8) is 0 Å². The van der Waals surface area contributed by atoms with Crippen molar-refractivity contribution in [2.75, 3.05) is 5.32 Å². The molecule has 1 N–H and O–H groups in total. The highest BCUT2D eigenvalue weighted by atomic mass is 32.1. The first-order valence-corrected chi connectivity index (χ1v) is 10.0. The van der Waals surface area contributed by atoms with Gasteiger partial charge in [-0.05, 0) is 30.5 Å². The highest BCUT2D eigenvalue weighted by Gasteiger charge is 2.35. The number of pyridine rings is 1. The maximum atomic E-state index is 13.0. The van der Waals surface area contributed by atoms with Gasteiger partial charge < -0.3 is 5.32 Å². The van der Waals surface area contributed by atoms with E-state index < -0.39 is 11.9 Å². The first-order valence-electron chi connectivity index (χ1n) is 9.15. The number of halogens is 3. The van der Waals surface area contributed by atoms with E-state index in [2.05, 4.69) is 15.3 Å². The molecule has 4 rings (SSSR count). The molecule has 9 heteroatoms. The van der Waals surface area contributed by atoms with Crippen LogP contribution in [0.3, 0.4) is 0 Å². The molecule has 0 aliphatic rings. The minimum Gasteiger partial charge on any atom is -0.308 e. The van der Waals surface area contributed by atoms with Gasteiger partial charge in [0.2, 0.25) is 5.91 Å². The number of aryl methyl sites for hydroxylation is 2. The summed E-state index contributed by atoms with van der Waals surface area (Å²) in [7, 11) is 0. The second kappa shape index (κ2) is 7.91. The highest BCUT2D eigenvalue weighted by molar-refractivity contribution is 7.16. The van der Waals surface area contributed by atoms with Crippen molar-refractivity contribution in [2.45, 2.75) is 25.9 Å². The molecule has 0 fully saturated rings. The maximum Gasteiger partial charge on any atom is 0.432 e. The molecule has 0 aliphatic carbocycles. The SMILES string of the molecule is Cc1ccc(-c2ccc(CCC(=O)Nc3ncn4c(C(F)(F)F)csc34)cc2)cn1. The topological polar surface area (TPSA) is 59.3 Å². The van der Waals surface area contributed by atoms with Crippen molar-refractivity contribution in [1.29, 1.82) is 0 Å². The molecule has 0 atom stereocenters. The first-order chi connectivity index (χ1) is 14.3. The van der Waals surface area contributed by atoms with Crippen molar-refractivity contribution in [2.24, 2.45) is 0 Å². The number of hydrogen-bond acceptors (Lipinski definition) is 4. The number of aromatic nitrogens is 3. The molecule has 0 bridgehead atoms. The Morgan fingerprint density at radius 2 is 1.83 bits per heavy atom. The molecule has 0 saturated carbocycles. The quantitative estimate of drug-likeness (QED) is 0.464. The summed E-state index contributed by atoms with van der Waals surface area (Å²) in [6.07, 6.45) is -0.877. The van der Waals surface area contributed by atoms with E-state index in [1.807, 2.05) is 49.5 Å². The van der Waals surface area contributed by atoms with Crippen molar-refractivity contribution >= 4 is 27.9 Å². The molecule has 5 nitrogen and oxygen atoms in total.